The summed E-state index contributed by atoms with van der Waals surface area (Å²) in [6.45, 7) is 4.70. The van der Waals surface area contributed by atoms with Gasteiger partial charge in [-0.1, -0.05) is 29.3 Å². The van der Waals surface area contributed by atoms with E-state index in [1.165, 1.54) is 18.4 Å². The van der Waals surface area contributed by atoms with E-state index in [2.05, 4.69) is 11.4 Å². The molecule has 2 rings (SSSR count). The van der Waals surface area contributed by atoms with Gasteiger partial charge < -0.3 is 10.1 Å². The highest BCUT2D eigenvalue weighted by atomic mass is 32.2. The number of hydrogen-bond donors (Lipinski definition) is 1. The monoisotopic (exact) mass is 354 g/mol. The van der Waals surface area contributed by atoms with Gasteiger partial charge >= 0.3 is 0 Å². The van der Waals surface area contributed by atoms with Crippen molar-refractivity contribution in [2.24, 2.45) is 5.92 Å². The fraction of sp³-hybridized carbons (Fsp3) is 0.588. The Hall–Kier alpha value is -1.44. The maximum Gasteiger partial charge on any atom is 0.224 e. The van der Waals surface area contributed by atoms with Crippen LogP contribution in [0.5, 0.6) is 0 Å². The molecule has 0 unspecified atom stereocenters. The molecular formula is C17H26N2O4S. The zero-order chi connectivity index (χ0) is 17.9. The van der Waals surface area contributed by atoms with Gasteiger partial charge in [0, 0.05) is 20.0 Å². The van der Waals surface area contributed by atoms with Crippen molar-refractivity contribution >= 4 is 15.9 Å². The van der Waals surface area contributed by atoms with Gasteiger partial charge in [-0.25, -0.2) is 12.7 Å². The van der Waals surface area contributed by atoms with Crippen LogP contribution in [0, 0.1) is 19.8 Å². The molecule has 2 atom stereocenters. The molecule has 1 aromatic rings. The molecule has 7 heteroatoms. The molecule has 1 heterocycles. The lowest BCUT2D eigenvalue weighted by Gasteiger charge is -2.21. The van der Waals surface area contributed by atoms with Crippen LogP contribution in [0.1, 0.15) is 16.7 Å². The van der Waals surface area contributed by atoms with Gasteiger partial charge in [0.2, 0.25) is 15.9 Å². The van der Waals surface area contributed by atoms with Crippen LogP contribution in [0.25, 0.3) is 0 Å². The number of nitrogens with zero attached hydrogens (tertiary/aromatic N) is 1. The third-order valence-electron chi connectivity index (χ3n) is 4.17. The number of aryl methyl sites for hydroxylation is 2. The van der Waals surface area contributed by atoms with E-state index in [1.54, 1.807) is 0 Å². The van der Waals surface area contributed by atoms with Crippen LogP contribution < -0.4 is 5.32 Å². The van der Waals surface area contributed by atoms with Gasteiger partial charge in [0.25, 0.3) is 0 Å². The minimum absolute atomic E-state index is 0.0193. The third kappa shape index (κ3) is 5.03. The number of amides is 1. The molecule has 1 aliphatic rings. The van der Waals surface area contributed by atoms with Crippen LogP contribution in [0.2, 0.25) is 0 Å². The number of ether oxygens (including phenoxy) is 1. The van der Waals surface area contributed by atoms with Gasteiger partial charge in [-0.05, 0) is 19.4 Å². The number of nitrogens with one attached hydrogen (secondary N) is 1. The van der Waals surface area contributed by atoms with Crippen molar-refractivity contribution in [3.63, 3.8) is 0 Å². The third-order valence-corrected chi connectivity index (χ3v) is 6.13. The van der Waals surface area contributed by atoms with Crippen LogP contribution >= 0.6 is 0 Å². The van der Waals surface area contributed by atoms with E-state index in [0.29, 0.717) is 13.2 Å². The Morgan fingerprint density at radius 3 is 2.42 bits per heavy atom. The Bertz CT molecular complexity index is 680. The predicted molar refractivity (Wildman–Crippen MR) is 93.3 cm³/mol. The van der Waals surface area contributed by atoms with Crippen molar-refractivity contribution in [2.75, 3.05) is 33.1 Å². The molecule has 0 bridgehead atoms. The number of carbonyl (C=O) groups is 1. The second-order valence-electron chi connectivity index (χ2n) is 6.71. The largest absolute Gasteiger partial charge is 0.379 e. The molecule has 0 radical (unpaired) electrons. The molecule has 0 spiro atoms. The summed E-state index contributed by atoms with van der Waals surface area (Å²) in [7, 11) is -0.293. The van der Waals surface area contributed by atoms with E-state index in [9.17, 15) is 13.2 Å². The van der Waals surface area contributed by atoms with E-state index in [-0.39, 0.29) is 30.0 Å². The smallest absolute Gasteiger partial charge is 0.224 e. The summed E-state index contributed by atoms with van der Waals surface area (Å²) < 4.78 is 30.7. The first-order chi connectivity index (χ1) is 11.2. The Morgan fingerprint density at radius 2 is 1.83 bits per heavy atom. The summed E-state index contributed by atoms with van der Waals surface area (Å²) in [6.07, 6.45) is 0.284. The zero-order valence-electron chi connectivity index (χ0n) is 14.7. The zero-order valence-corrected chi connectivity index (χ0v) is 15.5. The molecule has 0 aliphatic carbocycles. The molecule has 1 N–H and O–H groups in total. The molecule has 6 nitrogen and oxygen atoms in total. The van der Waals surface area contributed by atoms with Crippen molar-refractivity contribution in [1.29, 1.82) is 0 Å². The first kappa shape index (κ1) is 18.9. The number of benzene rings is 1. The van der Waals surface area contributed by atoms with Crippen LogP contribution in [0.4, 0.5) is 0 Å². The van der Waals surface area contributed by atoms with Crippen LogP contribution in [-0.2, 0) is 26.0 Å². The lowest BCUT2D eigenvalue weighted by atomic mass is 10.0. The molecular weight excluding hydrogens is 328 g/mol. The highest BCUT2D eigenvalue weighted by Crippen LogP contribution is 2.18. The lowest BCUT2D eigenvalue weighted by Crippen LogP contribution is -2.44. The molecule has 24 heavy (non-hydrogen) atoms. The highest BCUT2D eigenvalue weighted by molar-refractivity contribution is 7.89. The van der Waals surface area contributed by atoms with Gasteiger partial charge in [-0.2, -0.15) is 0 Å². The van der Waals surface area contributed by atoms with Crippen molar-refractivity contribution in [3.8, 4) is 0 Å². The molecule has 1 amide bonds. The SMILES string of the molecule is Cc1cc(C)cc(CC(=O)N[C@@H]2COC[C@H]2CS(=O)(=O)N(C)C)c1. The normalized spacial score (nSPS) is 21.2. The molecule has 1 aliphatic heterocycles. The Labute approximate surface area is 144 Å². The van der Waals surface area contributed by atoms with Crippen LogP contribution in [-0.4, -0.2) is 57.7 Å². The van der Waals surface area contributed by atoms with E-state index in [1.807, 2.05) is 26.0 Å². The molecule has 1 aromatic carbocycles. The fourth-order valence-electron chi connectivity index (χ4n) is 2.96. The quantitative estimate of drug-likeness (QED) is 0.822. The van der Waals surface area contributed by atoms with E-state index in [4.69, 9.17) is 4.74 Å². The number of carbonyl (C=O) groups excluding carboxylic acids is 1. The standard InChI is InChI=1S/C17H26N2O4S/c1-12-5-13(2)7-14(6-12)8-17(20)18-16-10-23-9-15(16)11-24(21,22)19(3)4/h5-7,15-16H,8-11H2,1-4H3,(H,18,20)/t15-,16+/m0/s1. The molecule has 0 saturated carbocycles. The molecule has 1 fully saturated rings. The number of hydrogen-bond acceptors (Lipinski definition) is 4. The lowest BCUT2D eigenvalue weighted by molar-refractivity contribution is -0.121. The van der Waals surface area contributed by atoms with E-state index < -0.39 is 10.0 Å². The topological polar surface area (TPSA) is 75.7 Å². The van der Waals surface area contributed by atoms with Gasteiger partial charge in [-0.3, -0.25) is 4.79 Å². The number of rotatable bonds is 6. The Kier molecular flexibility index (Phi) is 6.01. The van der Waals surface area contributed by atoms with Crippen molar-refractivity contribution < 1.29 is 17.9 Å². The van der Waals surface area contributed by atoms with Gasteiger partial charge in [0.15, 0.2) is 0 Å². The van der Waals surface area contributed by atoms with Crippen LogP contribution in [0.15, 0.2) is 18.2 Å². The molecule has 0 aromatic heterocycles. The predicted octanol–water partition coefficient (Wildman–Crippen LogP) is 0.869. The first-order valence-electron chi connectivity index (χ1n) is 8.02. The minimum Gasteiger partial charge on any atom is -0.379 e. The fourth-order valence-corrected chi connectivity index (χ4v) is 4.12. The average molecular weight is 354 g/mol. The average Bonchev–Trinajstić information content (AvgIpc) is 2.83. The van der Waals surface area contributed by atoms with Crippen LogP contribution in [0.3, 0.4) is 0 Å². The second kappa shape index (κ2) is 7.63. The summed E-state index contributed by atoms with van der Waals surface area (Å²) in [6, 6.07) is 5.78. The summed E-state index contributed by atoms with van der Waals surface area (Å²) in [4.78, 5) is 12.3. The minimum atomic E-state index is -3.32. The van der Waals surface area contributed by atoms with Crippen molar-refractivity contribution in [3.05, 3.63) is 34.9 Å². The summed E-state index contributed by atoms with van der Waals surface area (Å²) in [5.41, 5.74) is 3.20. The van der Waals surface area contributed by atoms with E-state index >= 15 is 0 Å². The summed E-state index contributed by atoms with van der Waals surface area (Å²) in [5.74, 6) is -0.350. The second-order valence-corrected chi connectivity index (χ2v) is 8.93. The first-order valence-corrected chi connectivity index (χ1v) is 9.63. The van der Waals surface area contributed by atoms with Gasteiger partial charge in [0.05, 0.1) is 31.4 Å². The van der Waals surface area contributed by atoms with Gasteiger partial charge in [-0.15, -0.1) is 0 Å². The highest BCUT2D eigenvalue weighted by Gasteiger charge is 2.34. The Morgan fingerprint density at radius 1 is 1.21 bits per heavy atom. The maximum absolute atomic E-state index is 12.3. The maximum atomic E-state index is 12.3. The molecule has 134 valence electrons. The summed E-state index contributed by atoms with van der Waals surface area (Å²) in [5, 5.41) is 2.93. The molecule has 1 saturated heterocycles. The Balaban J connectivity index is 1.97. The number of sulfonamides is 1. The van der Waals surface area contributed by atoms with Gasteiger partial charge in [0.1, 0.15) is 0 Å². The van der Waals surface area contributed by atoms with Crippen molar-refractivity contribution in [1.82, 2.24) is 9.62 Å². The summed E-state index contributed by atoms with van der Waals surface area (Å²) >= 11 is 0. The van der Waals surface area contributed by atoms with E-state index in [0.717, 1.165) is 16.7 Å². The van der Waals surface area contributed by atoms with Crippen molar-refractivity contribution in [2.45, 2.75) is 26.3 Å².